The lowest BCUT2D eigenvalue weighted by Crippen LogP contribution is -2.17. The molecule has 0 radical (unpaired) electrons. The Kier molecular flexibility index (Phi) is 4.32. The molecule has 0 aliphatic carbocycles. The molecule has 18 heavy (non-hydrogen) atoms. The van der Waals surface area contributed by atoms with E-state index in [2.05, 4.69) is 4.74 Å². The minimum absolute atomic E-state index is 0.193. The highest BCUT2D eigenvalue weighted by molar-refractivity contribution is 5.99. The molecular formula is C12H10F3NO2. The minimum Gasteiger partial charge on any atom is -0.406 e. The van der Waals surface area contributed by atoms with Crippen LogP contribution < -0.4 is 4.74 Å². The maximum Gasteiger partial charge on any atom is 0.573 e. The second-order valence-corrected chi connectivity index (χ2v) is 3.53. The number of nitriles is 1. The summed E-state index contributed by atoms with van der Waals surface area (Å²) < 4.78 is 39.4. The Hall–Kier alpha value is -2.03. The van der Waals surface area contributed by atoms with Gasteiger partial charge in [0.25, 0.3) is 0 Å². The monoisotopic (exact) mass is 257 g/mol. The Labute approximate surface area is 102 Å². The third kappa shape index (κ3) is 3.77. The van der Waals surface area contributed by atoms with Gasteiger partial charge in [0.2, 0.25) is 0 Å². The number of hydrogen-bond acceptors (Lipinski definition) is 3. The van der Waals surface area contributed by atoms with E-state index in [1.54, 1.807) is 6.92 Å². The average Bonchev–Trinajstić information content (AvgIpc) is 2.29. The molecule has 0 spiro atoms. The van der Waals surface area contributed by atoms with Crippen LogP contribution in [0.4, 0.5) is 13.2 Å². The quantitative estimate of drug-likeness (QED) is 0.777. The van der Waals surface area contributed by atoms with Crippen molar-refractivity contribution in [3.05, 3.63) is 29.8 Å². The van der Waals surface area contributed by atoms with E-state index in [9.17, 15) is 18.0 Å². The van der Waals surface area contributed by atoms with Crippen molar-refractivity contribution in [3.8, 4) is 11.8 Å². The molecule has 6 heteroatoms. The number of nitrogens with zero attached hydrogens (tertiary/aromatic N) is 1. The lowest BCUT2D eigenvalue weighted by atomic mass is 9.97. The van der Waals surface area contributed by atoms with Crippen LogP contribution in [0.1, 0.15) is 23.7 Å². The molecule has 0 saturated heterocycles. The van der Waals surface area contributed by atoms with E-state index in [0.29, 0.717) is 6.42 Å². The van der Waals surface area contributed by atoms with Gasteiger partial charge < -0.3 is 4.74 Å². The van der Waals surface area contributed by atoms with Gasteiger partial charge in [-0.15, -0.1) is 13.2 Å². The van der Waals surface area contributed by atoms with Crippen LogP contribution in [0.25, 0.3) is 0 Å². The molecule has 1 rings (SSSR count). The van der Waals surface area contributed by atoms with Gasteiger partial charge in [0.1, 0.15) is 11.7 Å². The molecule has 3 nitrogen and oxygen atoms in total. The maximum absolute atomic E-state index is 11.9. The Morgan fingerprint density at radius 3 is 2.33 bits per heavy atom. The molecule has 0 aliphatic heterocycles. The molecule has 0 bridgehead atoms. The number of ketones is 1. The predicted octanol–water partition coefficient (Wildman–Crippen LogP) is 3.32. The van der Waals surface area contributed by atoms with E-state index < -0.39 is 23.8 Å². The first-order valence-corrected chi connectivity index (χ1v) is 5.17. The van der Waals surface area contributed by atoms with Crippen LogP contribution in [0.15, 0.2) is 24.3 Å². The highest BCUT2D eigenvalue weighted by Crippen LogP contribution is 2.23. The van der Waals surface area contributed by atoms with Gasteiger partial charge in [0.05, 0.1) is 6.07 Å². The number of benzene rings is 1. The van der Waals surface area contributed by atoms with Crippen molar-refractivity contribution in [2.45, 2.75) is 19.7 Å². The average molecular weight is 257 g/mol. The van der Waals surface area contributed by atoms with Gasteiger partial charge >= 0.3 is 6.36 Å². The number of rotatable bonds is 4. The summed E-state index contributed by atoms with van der Waals surface area (Å²) in [5, 5.41) is 8.72. The van der Waals surface area contributed by atoms with Crippen LogP contribution in [0.5, 0.6) is 5.75 Å². The first kappa shape index (κ1) is 14.0. The summed E-state index contributed by atoms with van der Waals surface area (Å²) in [6.45, 7) is 1.69. The third-order valence-corrected chi connectivity index (χ3v) is 2.25. The molecule has 0 amide bonds. The number of ether oxygens (including phenoxy) is 1. The molecule has 0 aliphatic rings. The normalized spacial score (nSPS) is 12.6. The van der Waals surface area contributed by atoms with Gasteiger partial charge in [-0.2, -0.15) is 5.26 Å². The fraction of sp³-hybridized carbons (Fsp3) is 0.333. The molecule has 96 valence electrons. The standard InChI is InChI=1S/C12H10F3NO2/c1-2-8(7-16)11(17)9-3-5-10(6-4-9)18-12(13,14)15/h3-6,8H,2H2,1H3. The van der Waals surface area contributed by atoms with E-state index in [-0.39, 0.29) is 5.56 Å². The van der Waals surface area contributed by atoms with Crippen LogP contribution in [-0.2, 0) is 0 Å². The Bertz CT molecular complexity index is 460. The molecule has 1 aromatic rings. The number of carbonyl (C=O) groups excluding carboxylic acids is 1. The summed E-state index contributed by atoms with van der Waals surface area (Å²) in [5.41, 5.74) is 0.193. The largest absolute Gasteiger partial charge is 0.573 e. The molecule has 0 fully saturated rings. The summed E-state index contributed by atoms with van der Waals surface area (Å²) in [7, 11) is 0. The van der Waals surface area contributed by atoms with Gasteiger partial charge in [-0.25, -0.2) is 0 Å². The second kappa shape index (κ2) is 5.54. The minimum atomic E-state index is -4.76. The number of Topliss-reactive ketones (excluding diaryl/α,β-unsaturated/α-hetero) is 1. The third-order valence-electron chi connectivity index (χ3n) is 2.25. The van der Waals surface area contributed by atoms with Crippen molar-refractivity contribution in [2.24, 2.45) is 5.92 Å². The van der Waals surface area contributed by atoms with Crippen molar-refractivity contribution in [1.29, 1.82) is 5.26 Å². The van der Waals surface area contributed by atoms with E-state index in [1.165, 1.54) is 12.1 Å². The van der Waals surface area contributed by atoms with Crippen LogP contribution in [0.3, 0.4) is 0 Å². The summed E-state index contributed by atoms with van der Waals surface area (Å²) in [6.07, 6.45) is -4.40. The van der Waals surface area contributed by atoms with Crippen molar-refractivity contribution in [3.63, 3.8) is 0 Å². The Morgan fingerprint density at radius 1 is 1.39 bits per heavy atom. The van der Waals surface area contributed by atoms with E-state index in [0.717, 1.165) is 12.1 Å². The molecule has 0 heterocycles. The van der Waals surface area contributed by atoms with Crippen LogP contribution in [0.2, 0.25) is 0 Å². The summed E-state index contributed by atoms with van der Waals surface area (Å²) in [5.74, 6) is -1.58. The van der Waals surface area contributed by atoms with Crippen molar-refractivity contribution in [1.82, 2.24) is 0 Å². The fourth-order valence-corrected chi connectivity index (χ4v) is 1.36. The summed E-state index contributed by atoms with van der Waals surface area (Å²) in [4.78, 5) is 11.7. The maximum atomic E-state index is 11.9. The Balaban J connectivity index is 2.84. The van der Waals surface area contributed by atoms with Crippen molar-refractivity contribution >= 4 is 5.78 Å². The van der Waals surface area contributed by atoms with Gasteiger partial charge in [-0.1, -0.05) is 6.92 Å². The lowest BCUT2D eigenvalue weighted by molar-refractivity contribution is -0.274. The molecule has 0 saturated carbocycles. The zero-order chi connectivity index (χ0) is 13.8. The zero-order valence-electron chi connectivity index (χ0n) is 9.49. The van der Waals surface area contributed by atoms with Crippen LogP contribution >= 0.6 is 0 Å². The zero-order valence-corrected chi connectivity index (χ0v) is 9.49. The van der Waals surface area contributed by atoms with Crippen LogP contribution in [0, 0.1) is 17.2 Å². The number of hydrogen-bond donors (Lipinski definition) is 0. The summed E-state index contributed by atoms with van der Waals surface area (Å²) in [6, 6.07) is 6.36. The van der Waals surface area contributed by atoms with Gasteiger partial charge in [-0.05, 0) is 30.7 Å². The first-order valence-electron chi connectivity index (χ1n) is 5.17. The highest BCUT2D eigenvalue weighted by Gasteiger charge is 2.31. The molecule has 0 N–H and O–H groups in total. The fourth-order valence-electron chi connectivity index (χ4n) is 1.36. The lowest BCUT2D eigenvalue weighted by Gasteiger charge is -2.09. The number of alkyl halides is 3. The van der Waals surface area contributed by atoms with Gasteiger partial charge in [-0.3, -0.25) is 4.79 Å². The van der Waals surface area contributed by atoms with Crippen LogP contribution in [-0.4, -0.2) is 12.1 Å². The SMILES string of the molecule is CCC(C#N)C(=O)c1ccc(OC(F)(F)F)cc1. The number of carbonyl (C=O) groups is 1. The summed E-state index contributed by atoms with van der Waals surface area (Å²) >= 11 is 0. The van der Waals surface area contributed by atoms with E-state index in [1.807, 2.05) is 6.07 Å². The van der Waals surface area contributed by atoms with E-state index in [4.69, 9.17) is 5.26 Å². The smallest absolute Gasteiger partial charge is 0.406 e. The molecule has 1 atom stereocenters. The topological polar surface area (TPSA) is 50.1 Å². The number of halogens is 3. The van der Waals surface area contributed by atoms with Gasteiger partial charge in [0, 0.05) is 5.56 Å². The molecule has 1 unspecified atom stereocenters. The van der Waals surface area contributed by atoms with E-state index >= 15 is 0 Å². The second-order valence-electron chi connectivity index (χ2n) is 3.53. The molecule has 0 aromatic heterocycles. The highest BCUT2D eigenvalue weighted by atomic mass is 19.4. The molecular weight excluding hydrogens is 247 g/mol. The van der Waals surface area contributed by atoms with Crippen molar-refractivity contribution < 1.29 is 22.7 Å². The molecule has 1 aromatic carbocycles. The van der Waals surface area contributed by atoms with Gasteiger partial charge in [0.15, 0.2) is 5.78 Å². The first-order chi connectivity index (χ1) is 8.37. The Morgan fingerprint density at radius 2 is 1.94 bits per heavy atom. The van der Waals surface area contributed by atoms with Crippen molar-refractivity contribution in [2.75, 3.05) is 0 Å². The predicted molar refractivity (Wildman–Crippen MR) is 56.8 cm³/mol.